The number of halogens is 1. The number of aryl methyl sites for hydroxylation is 1. The predicted octanol–water partition coefficient (Wildman–Crippen LogP) is 3.49. The van der Waals surface area contributed by atoms with Crippen LogP contribution in [0.15, 0.2) is 54.6 Å². The van der Waals surface area contributed by atoms with E-state index in [1.54, 1.807) is 12.1 Å². The summed E-state index contributed by atoms with van der Waals surface area (Å²) in [5.74, 6) is 4.89. The molecule has 3 aromatic carbocycles. The van der Waals surface area contributed by atoms with Gasteiger partial charge in [0.05, 0.1) is 23.3 Å². The molecule has 0 radical (unpaired) electrons. The summed E-state index contributed by atoms with van der Waals surface area (Å²) in [5.41, 5.74) is 14.9. The topological polar surface area (TPSA) is 131 Å². The number of benzene rings is 3. The van der Waals surface area contributed by atoms with E-state index in [4.69, 9.17) is 22.0 Å². The average Bonchev–Trinajstić information content (AvgIpc) is 3.07. The van der Waals surface area contributed by atoms with Crippen LogP contribution in [-0.2, 0) is 23.4 Å². The van der Waals surface area contributed by atoms with Gasteiger partial charge in [0, 0.05) is 37.3 Å². The highest BCUT2D eigenvalue weighted by Gasteiger charge is 2.37. The summed E-state index contributed by atoms with van der Waals surface area (Å²) in [6, 6.07) is 16.5. The van der Waals surface area contributed by atoms with Crippen LogP contribution in [0, 0.1) is 12.7 Å². The molecule has 8 nitrogen and oxygen atoms in total. The van der Waals surface area contributed by atoms with Gasteiger partial charge in [-0.1, -0.05) is 42.5 Å². The van der Waals surface area contributed by atoms with E-state index in [0.717, 1.165) is 29.0 Å². The lowest BCUT2D eigenvalue weighted by molar-refractivity contribution is -0.138. The number of ether oxygens (including phenoxy) is 1. The molecule has 0 aliphatic carbocycles. The number of rotatable bonds is 8. The number of carboxylic acids is 1. The number of hydrogen-bond acceptors (Lipinski definition) is 7. The Labute approximate surface area is 216 Å². The Bertz CT molecular complexity index is 1300. The third kappa shape index (κ3) is 5.39. The van der Waals surface area contributed by atoms with Crippen molar-refractivity contribution in [3.05, 3.63) is 88.2 Å². The first-order valence-corrected chi connectivity index (χ1v) is 12.3. The van der Waals surface area contributed by atoms with Crippen LogP contribution in [-0.4, -0.2) is 35.7 Å². The molecule has 0 fully saturated rings. The number of aliphatic carboxylic acids is 1. The van der Waals surface area contributed by atoms with E-state index in [9.17, 15) is 9.90 Å². The van der Waals surface area contributed by atoms with Gasteiger partial charge in [-0.2, -0.15) is 0 Å². The standard InChI is InChI=1S/C28H34FN5O3/c1-3-34(32)23-11-10-22(26(29)27(23)30)28(31,15-25(35)36)21-9-8-18(2)20(14-21)17-33-12-13-37-24-7-5-4-6-19(24)16-33/h4-11,14H,3,12-13,15-17,30-32H2,1-2H3,(H,35,36)/t28-/m1/s1. The van der Waals surface area contributed by atoms with E-state index in [0.29, 0.717) is 37.5 Å². The zero-order chi connectivity index (χ0) is 26.7. The molecule has 1 aliphatic rings. The number of carbonyl (C=O) groups is 1. The van der Waals surface area contributed by atoms with Gasteiger partial charge in [-0.05, 0) is 42.7 Å². The highest BCUT2D eigenvalue weighted by atomic mass is 19.1. The number of carboxylic acid groups (broad SMARTS) is 1. The molecule has 1 aliphatic heterocycles. The maximum Gasteiger partial charge on any atom is 0.305 e. The number of nitrogen functional groups attached to an aromatic ring is 1. The first-order chi connectivity index (χ1) is 17.6. The number of para-hydroxylation sites is 1. The van der Waals surface area contributed by atoms with Crippen LogP contribution in [0.5, 0.6) is 5.75 Å². The second kappa shape index (κ2) is 10.8. The van der Waals surface area contributed by atoms with Gasteiger partial charge in [-0.25, -0.2) is 10.2 Å². The Hall–Kier alpha value is -3.66. The molecule has 0 bridgehead atoms. The molecule has 9 heteroatoms. The van der Waals surface area contributed by atoms with Gasteiger partial charge < -0.3 is 26.3 Å². The van der Waals surface area contributed by atoms with Crippen molar-refractivity contribution >= 4 is 17.3 Å². The minimum absolute atomic E-state index is 0.00700. The quantitative estimate of drug-likeness (QED) is 0.207. The van der Waals surface area contributed by atoms with Gasteiger partial charge in [0.1, 0.15) is 12.4 Å². The lowest BCUT2D eigenvalue weighted by atomic mass is 9.79. The van der Waals surface area contributed by atoms with Crippen molar-refractivity contribution < 1.29 is 19.0 Å². The van der Waals surface area contributed by atoms with Gasteiger partial charge in [0.2, 0.25) is 0 Å². The maximum atomic E-state index is 15.6. The second-order valence-electron chi connectivity index (χ2n) is 9.50. The largest absolute Gasteiger partial charge is 0.492 e. The molecule has 1 atom stereocenters. The Kier molecular flexibility index (Phi) is 7.68. The van der Waals surface area contributed by atoms with E-state index in [-0.39, 0.29) is 11.3 Å². The molecule has 0 amide bonds. The van der Waals surface area contributed by atoms with Crippen LogP contribution in [0.25, 0.3) is 0 Å². The number of hydrogen-bond donors (Lipinski definition) is 4. The SMILES string of the molecule is CCN(N)c1ccc([C@@](N)(CC(=O)O)c2ccc(C)c(CN3CCOc4ccccc4C3)c2)c(F)c1N. The Morgan fingerprint density at radius 2 is 1.97 bits per heavy atom. The predicted molar refractivity (Wildman–Crippen MR) is 142 cm³/mol. The number of nitrogens with two attached hydrogens (primary N) is 3. The first-order valence-electron chi connectivity index (χ1n) is 12.3. The van der Waals surface area contributed by atoms with Gasteiger partial charge in [-0.3, -0.25) is 9.69 Å². The summed E-state index contributed by atoms with van der Waals surface area (Å²) in [6.45, 7) is 6.81. The lowest BCUT2D eigenvalue weighted by Gasteiger charge is -2.32. The third-order valence-corrected chi connectivity index (χ3v) is 7.01. The molecule has 196 valence electrons. The number of nitrogens with zero attached hydrogens (tertiary/aromatic N) is 2. The van der Waals surface area contributed by atoms with Crippen LogP contribution in [0.2, 0.25) is 0 Å². The molecule has 37 heavy (non-hydrogen) atoms. The molecule has 3 aromatic rings. The summed E-state index contributed by atoms with van der Waals surface area (Å²) in [4.78, 5) is 14.2. The van der Waals surface area contributed by atoms with Crippen molar-refractivity contribution in [1.29, 1.82) is 0 Å². The van der Waals surface area contributed by atoms with Gasteiger partial charge in [-0.15, -0.1) is 0 Å². The van der Waals surface area contributed by atoms with Gasteiger partial charge in [0.25, 0.3) is 0 Å². The number of anilines is 2. The van der Waals surface area contributed by atoms with Crippen LogP contribution in [0.4, 0.5) is 15.8 Å². The Morgan fingerprint density at radius 1 is 1.22 bits per heavy atom. The molecule has 0 saturated heterocycles. The number of hydrazine groups is 1. The summed E-state index contributed by atoms with van der Waals surface area (Å²) >= 11 is 0. The number of fused-ring (bicyclic) bond motifs is 1. The fourth-order valence-corrected chi connectivity index (χ4v) is 4.81. The summed E-state index contributed by atoms with van der Waals surface area (Å²) in [5, 5.41) is 11.1. The van der Waals surface area contributed by atoms with Crippen LogP contribution < -0.4 is 27.1 Å². The Morgan fingerprint density at radius 3 is 2.70 bits per heavy atom. The van der Waals surface area contributed by atoms with Crippen LogP contribution >= 0.6 is 0 Å². The molecule has 0 aromatic heterocycles. The molecule has 0 saturated carbocycles. The van der Waals surface area contributed by atoms with E-state index in [2.05, 4.69) is 4.90 Å². The molecular weight excluding hydrogens is 473 g/mol. The fourth-order valence-electron chi connectivity index (χ4n) is 4.81. The van der Waals surface area contributed by atoms with Crippen molar-refractivity contribution in [1.82, 2.24) is 4.90 Å². The van der Waals surface area contributed by atoms with E-state index in [1.165, 1.54) is 11.1 Å². The van der Waals surface area contributed by atoms with Crippen molar-refractivity contribution in [3.63, 3.8) is 0 Å². The van der Waals surface area contributed by atoms with Crippen molar-refractivity contribution in [2.45, 2.75) is 38.9 Å². The van der Waals surface area contributed by atoms with E-state index in [1.807, 2.05) is 50.2 Å². The van der Waals surface area contributed by atoms with Gasteiger partial charge >= 0.3 is 5.97 Å². The van der Waals surface area contributed by atoms with Gasteiger partial charge in [0.15, 0.2) is 5.82 Å². The van der Waals surface area contributed by atoms with Crippen molar-refractivity contribution in [2.24, 2.45) is 11.6 Å². The molecule has 1 heterocycles. The third-order valence-electron chi connectivity index (χ3n) is 7.01. The molecular formula is C28H34FN5O3. The molecule has 0 spiro atoms. The molecule has 4 rings (SSSR count). The first kappa shape index (κ1) is 26.4. The maximum absolute atomic E-state index is 15.6. The minimum Gasteiger partial charge on any atom is -0.492 e. The van der Waals surface area contributed by atoms with Crippen LogP contribution in [0.3, 0.4) is 0 Å². The van der Waals surface area contributed by atoms with E-state index >= 15 is 4.39 Å². The van der Waals surface area contributed by atoms with Crippen molar-refractivity contribution in [3.8, 4) is 5.75 Å². The second-order valence-corrected chi connectivity index (χ2v) is 9.50. The molecule has 0 unspecified atom stereocenters. The average molecular weight is 508 g/mol. The Balaban J connectivity index is 1.72. The summed E-state index contributed by atoms with van der Waals surface area (Å²) in [7, 11) is 0. The van der Waals surface area contributed by atoms with Crippen molar-refractivity contribution in [2.75, 3.05) is 30.4 Å². The summed E-state index contributed by atoms with van der Waals surface area (Å²) in [6.07, 6.45) is -0.518. The molecule has 7 N–H and O–H groups in total. The monoisotopic (exact) mass is 507 g/mol. The lowest BCUT2D eigenvalue weighted by Crippen LogP contribution is -2.42. The normalized spacial score (nSPS) is 15.3. The highest BCUT2D eigenvalue weighted by molar-refractivity contribution is 5.73. The van der Waals surface area contributed by atoms with Crippen LogP contribution in [0.1, 0.15) is 41.2 Å². The minimum atomic E-state index is -1.65. The smallest absolute Gasteiger partial charge is 0.305 e. The zero-order valence-corrected chi connectivity index (χ0v) is 21.2. The fraction of sp³-hybridized carbons (Fsp3) is 0.321. The zero-order valence-electron chi connectivity index (χ0n) is 21.2. The summed E-state index contributed by atoms with van der Waals surface area (Å²) < 4.78 is 21.5. The highest BCUT2D eigenvalue weighted by Crippen LogP contribution is 2.38. The van der Waals surface area contributed by atoms with E-state index < -0.39 is 23.7 Å².